The second kappa shape index (κ2) is 6.06. The van der Waals surface area contributed by atoms with Crippen molar-refractivity contribution in [1.29, 1.82) is 5.26 Å². The van der Waals surface area contributed by atoms with E-state index in [9.17, 15) is 4.79 Å². The summed E-state index contributed by atoms with van der Waals surface area (Å²) in [6.45, 7) is 0. The van der Waals surface area contributed by atoms with Gasteiger partial charge in [-0.25, -0.2) is 0 Å². The summed E-state index contributed by atoms with van der Waals surface area (Å²) in [5.74, 6) is 0. The molecule has 0 saturated carbocycles. The highest BCUT2D eigenvalue weighted by molar-refractivity contribution is 5.73. The van der Waals surface area contributed by atoms with Crippen molar-refractivity contribution in [2.75, 3.05) is 14.1 Å². The van der Waals surface area contributed by atoms with Crippen molar-refractivity contribution >= 4 is 6.08 Å². The third kappa shape index (κ3) is 3.00. The molecule has 0 aliphatic carbocycles. The maximum absolute atomic E-state index is 12.1. The van der Waals surface area contributed by atoms with E-state index in [4.69, 9.17) is 5.26 Å². The van der Waals surface area contributed by atoms with E-state index in [0.29, 0.717) is 0 Å². The topological polar surface area (TPSA) is 61.9 Å². The van der Waals surface area contributed by atoms with Crippen LogP contribution in [0.15, 0.2) is 41.6 Å². The smallest absolute Gasteiger partial charge is 0.268 e. The minimum atomic E-state index is -0.302. The van der Waals surface area contributed by atoms with Crippen LogP contribution < -0.4 is 5.56 Å². The molecule has 2 aromatic rings. The Bertz CT molecular complexity index is 767. The van der Waals surface area contributed by atoms with E-state index in [1.165, 1.54) is 4.57 Å². The second-order valence-corrected chi connectivity index (χ2v) is 4.85. The Labute approximate surface area is 123 Å². The highest BCUT2D eigenvalue weighted by atomic mass is 16.1. The van der Waals surface area contributed by atoms with E-state index in [1.807, 2.05) is 49.5 Å². The quantitative estimate of drug-likeness (QED) is 0.861. The number of hydrogen-bond donors (Lipinski definition) is 0. The van der Waals surface area contributed by atoms with Crippen LogP contribution >= 0.6 is 0 Å². The minimum Gasteiger partial charge on any atom is -0.383 e. The van der Waals surface area contributed by atoms with Crippen LogP contribution in [-0.2, 0) is 7.05 Å². The Morgan fingerprint density at radius 3 is 2.76 bits per heavy atom. The summed E-state index contributed by atoms with van der Waals surface area (Å²) < 4.78 is 1.49. The molecule has 0 fully saturated rings. The van der Waals surface area contributed by atoms with Gasteiger partial charge in [0.15, 0.2) is 0 Å². The summed E-state index contributed by atoms with van der Waals surface area (Å²) in [6, 6.07) is 7.30. The van der Waals surface area contributed by atoms with Crippen LogP contribution in [0.25, 0.3) is 17.2 Å². The summed E-state index contributed by atoms with van der Waals surface area (Å²) in [5.41, 5.74) is 2.23. The number of hydrogen-bond acceptors (Lipinski definition) is 4. The van der Waals surface area contributed by atoms with Crippen LogP contribution in [0, 0.1) is 11.3 Å². The lowest BCUT2D eigenvalue weighted by molar-refractivity contribution is 0.567. The van der Waals surface area contributed by atoms with Crippen LogP contribution in [-0.4, -0.2) is 28.5 Å². The average molecular weight is 280 g/mol. The van der Waals surface area contributed by atoms with Gasteiger partial charge in [-0.3, -0.25) is 9.78 Å². The largest absolute Gasteiger partial charge is 0.383 e. The fourth-order valence-electron chi connectivity index (χ4n) is 2.01. The van der Waals surface area contributed by atoms with E-state index in [-0.39, 0.29) is 11.1 Å². The molecule has 5 nitrogen and oxygen atoms in total. The number of rotatable bonds is 3. The van der Waals surface area contributed by atoms with Crippen molar-refractivity contribution < 1.29 is 0 Å². The normalized spacial score (nSPS) is 10.6. The van der Waals surface area contributed by atoms with E-state index in [1.54, 1.807) is 25.5 Å². The van der Waals surface area contributed by atoms with Crippen molar-refractivity contribution in [2.45, 2.75) is 0 Å². The molecule has 0 amide bonds. The van der Waals surface area contributed by atoms with Crippen molar-refractivity contribution in [3.8, 4) is 17.2 Å². The lowest BCUT2D eigenvalue weighted by atomic mass is 10.0. The first kappa shape index (κ1) is 14.5. The molecule has 0 unspecified atom stereocenters. The van der Waals surface area contributed by atoms with E-state index in [0.717, 1.165) is 16.8 Å². The highest BCUT2D eigenvalue weighted by Crippen LogP contribution is 2.23. The summed E-state index contributed by atoms with van der Waals surface area (Å²) in [6.07, 6.45) is 7.12. The zero-order chi connectivity index (χ0) is 15.4. The lowest BCUT2D eigenvalue weighted by Gasteiger charge is -2.13. The number of nitriles is 1. The van der Waals surface area contributed by atoms with Gasteiger partial charge in [0.25, 0.3) is 5.56 Å². The van der Waals surface area contributed by atoms with Crippen molar-refractivity contribution in [1.82, 2.24) is 14.5 Å². The molecule has 0 radical (unpaired) electrons. The van der Waals surface area contributed by atoms with Crippen molar-refractivity contribution in [2.24, 2.45) is 7.05 Å². The molecule has 2 rings (SSSR count). The number of aromatic nitrogens is 2. The SMILES string of the molecule is CN(C)/C=C/c1c(-c2cccnc2)cc(C#N)c(=O)n1C. The third-order valence-corrected chi connectivity index (χ3v) is 3.08. The molecule has 0 spiro atoms. The molecule has 0 aliphatic heterocycles. The average Bonchev–Trinajstić information content (AvgIpc) is 2.49. The Balaban J connectivity index is 2.75. The van der Waals surface area contributed by atoms with E-state index < -0.39 is 0 Å². The van der Waals surface area contributed by atoms with Gasteiger partial charge in [0.05, 0.1) is 5.69 Å². The molecule has 0 N–H and O–H groups in total. The van der Waals surface area contributed by atoms with Gasteiger partial charge < -0.3 is 9.47 Å². The Hall–Kier alpha value is -2.87. The predicted molar refractivity (Wildman–Crippen MR) is 82.4 cm³/mol. The summed E-state index contributed by atoms with van der Waals surface area (Å²) in [7, 11) is 5.47. The summed E-state index contributed by atoms with van der Waals surface area (Å²) in [5, 5.41) is 9.12. The Morgan fingerprint density at radius 1 is 1.43 bits per heavy atom. The minimum absolute atomic E-state index is 0.123. The van der Waals surface area contributed by atoms with Crippen LogP contribution in [0.2, 0.25) is 0 Å². The number of pyridine rings is 2. The fourth-order valence-corrected chi connectivity index (χ4v) is 2.01. The van der Waals surface area contributed by atoms with Gasteiger partial charge >= 0.3 is 0 Å². The molecule has 21 heavy (non-hydrogen) atoms. The molecule has 0 bridgehead atoms. The van der Waals surface area contributed by atoms with Gasteiger partial charge in [0.1, 0.15) is 11.6 Å². The molecule has 0 aromatic carbocycles. The number of nitrogens with zero attached hydrogens (tertiary/aromatic N) is 4. The van der Waals surface area contributed by atoms with Crippen LogP contribution in [0.3, 0.4) is 0 Å². The molecule has 5 heteroatoms. The third-order valence-electron chi connectivity index (χ3n) is 3.08. The van der Waals surface area contributed by atoms with Gasteiger partial charge in [-0.1, -0.05) is 6.07 Å². The maximum atomic E-state index is 12.1. The molecule has 2 heterocycles. The molecule has 2 aromatic heterocycles. The Kier molecular flexibility index (Phi) is 4.19. The van der Waals surface area contributed by atoms with Gasteiger partial charge in [0, 0.05) is 50.9 Å². The first-order valence-corrected chi connectivity index (χ1v) is 6.43. The highest BCUT2D eigenvalue weighted by Gasteiger charge is 2.12. The zero-order valence-electron chi connectivity index (χ0n) is 12.2. The molecular weight excluding hydrogens is 264 g/mol. The van der Waals surface area contributed by atoms with E-state index in [2.05, 4.69) is 4.98 Å². The van der Waals surface area contributed by atoms with Crippen LogP contribution in [0.4, 0.5) is 0 Å². The summed E-state index contributed by atoms with van der Waals surface area (Å²) >= 11 is 0. The maximum Gasteiger partial charge on any atom is 0.268 e. The van der Waals surface area contributed by atoms with Gasteiger partial charge in [-0.05, 0) is 18.2 Å². The molecule has 0 aliphatic rings. The van der Waals surface area contributed by atoms with Crippen molar-refractivity contribution in [3.63, 3.8) is 0 Å². The van der Waals surface area contributed by atoms with Gasteiger partial charge in [0.2, 0.25) is 0 Å². The molecular formula is C16H16N4O. The monoisotopic (exact) mass is 280 g/mol. The lowest BCUT2D eigenvalue weighted by Crippen LogP contribution is -2.22. The van der Waals surface area contributed by atoms with Crippen molar-refractivity contribution in [3.05, 3.63) is 58.4 Å². The van der Waals surface area contributed by atoms with Crippen LogP contribution in [0.5, 0.6) is 0 Å². The predicted octanol–water partition coefficient (Wildman–Crippen LogP) is 1.85. The summed E-state index contributed by atoms with van der Waals surface area (Å²) in [4.78, 5) is 18.1. The second-order valence-electron chi connectivity index (χ2n) is 4.85. The van der Waals surface area contributed by atoms with Gasteiger partial charge in [-0.15, -0.1) is 0 Å². The van der Waals surface area contributed by atoms with E-state index >= 15 is 0 Å². The Morgan fingerprint density at radius 2 is 2.19 bits per heavy atom. The first-order chi connectivity index (χ1) is 10.0. The molecule has 0 saturated heterocycles. The fraction of sp³-hybridized carbons (Fsp3) is 0.188. The molecule has 106 valence electrons. The van der Waals surface area contributed by atoms with Gasteiger partial charge in [-0.2, -0.15) is 5.26 Å². The first-order valence-electron chi connectivity index (χ1n) is 6.43. The van der Waals surface area contributed by atoms with Crippen LogP contribution in [0.1, 0.15) is 11.3 Å². The standard InChI is InChI=1S/C16H16N4O/c1-19(2)8-6-15-14(12-5-4-7-18-11-12)9-13(10-17)16(21)20(15)3/h4-9,11H,1-3H3/b8-6+. The zero-order valence-corrected chi connectivity index (χ0v) is 12.2. The molecule has 0 atom stereocenters.